The molecule has 0 unspecified atom stereocenters. The van der Waals surface area contributed by atoms with E-state index in [0.717, 1.165) is 0 Å². The molecule has 1 aliphatic carbocycles. The lowest BCUT2D eigenvalue weighted by Gasteiger charge is -2.34. The van der Waals surface area contributed by atoms with Gasteiger partial charge in [-0.3, -0.25) is 4.57 Å². The minimum atomic E-state index is -1.05. The summed E-state index contributed by atoms with van der Waals surface area (Å²) >= 11 is 0. The number of aromatic nitrogens is 4. The highest BCUT2D eigenvalue weighted by Gasteiger charge is 2.36. The van der Waals surface area contributed by atoms with Crippen molar-refractivity contribution >= 4 is 6.09 Å². The van der Waals surface area contributed by atoms with Gasteiger partial charge in [0.05, 0.1) is 18.0 Å². The van der Waals surface area contributed by atoms with Crippen LogP contribution in [0.2, 0.25) is 0 Å². The number of rotatable bonds is 6. The molecule has 2 aromatic heterocycles. The van der Waals surface area contributed by atoms with Crippen LogP contribution in [-0.4, -0.2) is 43.1 Å². The largest absolute Gasteiger partial charge is 0.489 e. The summed E-state index contributed by atoms with van der Waals surface area (Å²) in [7, 11) is 0. The minimum Gasteiger partial charge on any atom is -0.489 e. The molecule has 156 valence electrons. The number of para-hydroxylation sites is 1. The molecule has 4 rings (SSSR count). The summed E-state index contributed by atoms with van der Waals surface area (Å²) in [6.45, 7) is 3.86. The third-order valence-electron chi connectivity index (χ3n) is 4.95. The molecule has 0 atom stereocenters. The molecule has 1 aliphatic rings. The Morgan fingerprint density at radius 1 is 1.23 bits per heavy atom. The van der Waals surface area contributed by atoms with Gasteiger partial charge in [-0.25, -0.2) is 14.2 Å². The van der Waals surface area contributed by atoms with Crippen LogP contribution in [0.3, 0.4) is 0 Å². The number of hydrogen-bond acceptors (Lipinski definition) is 5. The zero-order valence-electron chi connectivity index (χ0n) is 16.6. The summed E-state index contributed by atoms with van der Waals surface area (Å²) in [5, 5.41) is 20.0. The van der Waals surface area contributed by atoms with Gasteiger partial charge in [0, 0.05) is 12.0 Å². The summed E-state index contributed by atoms with van der Waals surface area (Å²) < 4.78 is 22.0. The van der Waals surface area contributed by atoms with E-state index >= 15 is 0 Å². The minimum absolute atomic E-state index is 0.0253. The molecular formula is C21H22FN5O3. The van der Waals surface area contributed by atoms with Crippen molar-refractivity contribution in [2.75, 3.05) is 0 Å². The fourth-order valence-electron chi connectivity index (χ4n) is 3.57. The van der Waals surface area contributed by atoms with Crippen LogP contribution in [0, 0.1) is 5.82 Å². The molecule has 30 heavy (non-hydrogen) atoms. The van der Waals surface area contributed by atoms with E-state index in [2.05, 4.69) is 20.5 Å². The zero-order valence-corrected chi connectivity index (χ0v) is 16.6. The molecule has 0 aliphatic heterocycles. The molecular weight excluding hydrogens is 389 g/mol. The molecule has 3 aromatic rings. The monoisotopic (exact) mass is 411 g/mol. The molecule has 0 saturated heterocycles. The number of hydrogen-bond donors (Lipinski definition) is 2. The summed E-state index contributed by atoms with van der Waals surface area (Å²) in [6, 6.07) is 9.81. The van der Waals surface area contributed by atoms with E-state index in [1.165, 1.54) is 6.07 Å². The summed E-state index contributed by atoms with van der Waals surface area (Å²) in [5.41, 5.74) is 0.860. The summed E-state index contributed by atoms with van der Waals surface area (Å²) in [5.74, 6) is 1.20. The Morgan fingerprint density at radius 2 is 2.00 bits per heavy atom. The fourth-order valence-corrected chi connectivity index (χ4v) is 3.57. The molecule has 1 aromatic carbocycles. The predicted octanol–water partition coefficient (Wildman–Crippen LogP) is 3.77. The van der Waals surface area contributed by atoms with Crippen molar-refractivity contribution in [2.24, 2.45) is 0 Å². The third-order valence-corrected chi connectivity index (χ3v) is 4.95. The zero-order chi connectivity index (χ0) is 21.3. The topological polar surface area (TPSA) is 102 Å². The standard InChI is InChI=1S/C21H22FN5O3/c1-12(2)30-15-7-8-17(23-11-15)20-26-25-19(13-9-14(10-13)24-21(28)29)27(20)18-6-4-3-5-16(18)22/h3-8,11-14,24H,9-10H2,1-2H3,(H,28,29). The molecule has 0 bridgehead atoms. The number of benzene rings is 1. The first-order valence-electron chi connectivity index (χ1n) is 9.75. The first kappa shape index (κ1) is 19.8. The van der Waals surface area contributed by atoms with Crippen molar-refractivity contribution in [3.63, 3.8) is 0 Å². The number of pyridine rings is 1. The van der Waals surface area contributed by atoms with Crippen LogP contribution >= 0.6 is 0 Å². The maximum absolute atomic E-state index is 14.7. The average molecular weight is 411 g/mol. The SMILES string of the molecule is CC(C)Oc1ccc(-c2nnc(C3CC(NC(=O)O)C3)n2-c2ccccc2F)nc1. The van der Waals surface area contributed by atoms with Crippen LogP contribution in [0.4, 0.5) is 9.18 Å². The molecule has 1 saturated carbocycles. The van der Waals surface area contributed by atoms with Gasteiger partial charge in [-0.15, -0.1) is 10.2 Å². The van der Waals surface area contributed by atoms with Crippen LogP contribution < -0.4 is 10.1 Å². The first-order chi connectivity index (χ1) is 14.4. The molecule has 8 nitrogen and oxygen atoms in total. The summed E-state index contributed by atoms with van der Waals surface area (Å²) in [6.07, 6.45) is 1.73. The first-order valence-corrected chi connectivity index (χ1v) is 9.75. The van der Waals surface area contributed by atoms with E-state index < -0.39 is 11.9 Å². The van der Waals surface area contributed by atoms with Gasteiger partial charge in [-0.05, 0) is 51.0 Å². The van der Waals surface area contributed by atoms with Crippen LogP contribution in [0.5, 0.6) is 5.75 Å². The highest BCUT2D eigenvalue weighted by atomic mass is 19.1. The molecule has 2 heterocycles. The normalized spacial score (nSPS) is 18.1. The van der Waals surface area contributed by atoms with Crippen molar-refractivity contribution in [1.29, 1.82) is 0 Å². The quantitative estimate of drug-likeness (QED) is 0.640. The lowest BCUT2D eigenvalue weighted by atomic mass is 9.79. The van der Waals surface area contributed by atoms with Crippen molar-refractivity contribution in [3.05, 3.63) is 54.2 Å². The van der Waals surface area contributed by atoms with Crippen molar-refractivity contribution < 1.29 is 19.0 Å². The van der Waals surface area contributed by atoms with E-state index in [1.54, 1.807) is 41.1 Å². The van der Waals surface area contributed by atoms with Gasteiger partial charge in [-0.1, -0.05) is 12.1 Å². The highest BCUT2D eigenvalue weighted by molar-refractivity contribution is 5.65. The van der Waals surface area contributed by atoms with Crippen molar-refractivity contribution in [2.45, 2.75) is 44.8 Å². The second-order valence-electron chi connectivity index (χ2n) is 7.53. The molecule has 1 fully saturated rings. The van der Waals surface area contributed by atoms with E-state index in [-0.39, 0.29) is 18.1 Å². The Hall–Kier alpha value is -3.49. The number of ether oxygens (including phenoxy) is 1. The fraction of sp³-hybridized carbons (Fsp3) is 0.333. The number of amides is 1. The maximum atomic E-state index is 14.7. The van der Waals surface area contributed by atoms with Gasteiger partial charge >= 0.3 is 6.09 Å². The molecule has 0 spiro atoms. The lowest BCUT2D eigenvalue weighted by Crippen LogP contribution is -2.43. The van der Waals surface area contributed by atoms with Gasteiger partial charge in [0.25, 0.3) is 0 Å². The Balaban J connectivity index is 1.70. The number of nitrogens with zero attached hydrogens (tertiary/aromatic N) is 4. The van der Waals surface area contributed by atoms with Gasteiger partial charge in [0.2, 0.25) is 0 Å². The molecule has 1 amide bonds. The average Bonchev–Trinajstić information content (AvgIpc) is 3.09. The Labute approximate surface area is 172 Å². The second-order valence-corrected chi connectivity index (χ2v) is 7.53. The third kappa shape index (κ3) is 3.96. The van der Waals surface area contributed by atoms with Gasteiger partial charge < -0.3 is 15.2 Å². The summed E-state index contributed by atoms with van der Waals surface area (Å²) in [4.78, 5) is 15.3. The molecule has 0 radical (unpaired) electrons. The Kier molecular flexibility index (Phi) is 5.35. The van der Waals surface area contributed by atoms with Crippen LogP contribution in [0.1, 0.15) is 38.4 Å². The smallest absolute Gasteiger partial charge is 0.404 e. The highest BCUT2D eigenvalue weighted by Crippen LogP contribution is 2.38. The van der Waals surface area contributed by atoms with Gasteiger partial charge in [-0.2, -0.15) is 0 Å². The van der Waals surface area contributed by atoms with Crippen LogP contribution in [0.15, 0.2) is 42.6 Å². The van der Waals surface area contributed by atoms with Crippen molar-refractivity contribution in [3.8, 4) is 23.0 Å². The number of nitrogens with one attached hydrogen (secondary N) is 1. The number of carbonyl (C=O) groups is 1. The van der Waals surface area contributed by atoms with Crippen LogP contribution in [-0.2, 0) is 0 Å². The Bertz CT molecular complexity index is 1050. The molecule has 2 N–H and O–H groups in total. The lowest BCUT2D eigenvalue weighted by molar-refractivity contribution is 0.176. The second kappa shape index (κ2) is 8.10. The van der Waals surface area contributed by atoms with E-state index in [1.807, 2.05) is 13.8 Å². The predicted molar refractivity (Wildman–Crippen MR) is 107 cm³/mol. The van der Waals surface area contributed by atoms with Crippen LogP contribution in [0.25, 0.3) is 17.2 Å². The Morgan fingerprint density at radius 3 is 2.63 bits per heavy atom. The molecule has 9 heteroatoms. The van der Waals surface area contributed by atoms with E-state index in [9.17, 15) is 9.18 Å². The maximum Gasteiger partial charge on any atom is 0.404 e. The number of carboxylic acid groups (broad SMARTS) is 1. The van der Waals surface area contributed by atoms with E-state index in [4.69, 9.17) is 9.84 Å². The van der Waals surface area contributed by atoms with Gasteiger partial charge in [0.15, 0.2) is 5.82 Å². The van der Waals surface area contributed by atoms with Crippen molar-refractivity contribution in [1.82, 2.24) is 25.1 Å². The van der Waals surface area contributed by atoms with E-state index in [0.29, 0.717) is 41.6 Å². The van der Waals surface area contributed by atoms with Gasteiger partial charge in [0.1, 0.15) is 23.1 Å². The number of halogens is 1.